The number of aromatic nitrogens is 2. The number of carbonyl (C=O) groups is 1. The van der Waals surface area contributed by atoms with Gasteiger partial charge in [0.25, 0.3) is 0 Å². The van der Waals surface area contributed by atoms with E-state index in [1.807, 2.05) is 79.1 Å². The van der Waals surface area contributed by atoms with E-state index in [4.69, 9.17) is 0 Å². The first kappa shape index (κ1) is 35.8. The van der Waals surface area contributed by atoms with E-state index < -0.39 is 6.10 Å². The molecule has 6 aromatic rings. The molecule has 6 nitrogen and oxygen atoms in total. The molecular formula is C44H48F2N4O2. The number of fused-ring (bicyclic) bond motifs is 2. The largest absolute Gasteiger partial charge is 0.388 e. The monoisotopic (exact) mass is 702 g/mol. The van der Waals surface area contributed by atoms with E-state index in [9.17, 15) is 18.7 Å². The smallest absolute Gasteiger partial charge is 0.168 e. The number of ketones is 1. The van der Waals surface area contributed by atoms with Crippen LogP contribution in [0.2, 0.25) is 0 Å². The number of aliphatic hydroxyl groups excluding tert-OH is 1. The number of carbonyl (C=O) groups excluding carboxylic acids is 1. The van der Waals surface area contributed by atoms with Crippen LogP contribution in [0.25, 0.3) is 21.8 Å². The highest BCUT2D eigenvalue weighted by Crippen LogP contribution is 2.34. The van der Waals surface area contributed by atoms with Crippen LogP contribution in [0.3, 0.4) is 0 Å². The second kappa shape index (κ2) is 16.8. The standard InChI is InChI=1S/C22H25FN2O.C22H23FN2O/c2*23-19-6-4-16(5-7-19)9-13-25-14-10-18(11-15-25)22(26)20-3-1-2-17-8-12-24-21(17)20/h1-8,12,18,22,24,26H,9-11,13-15H2;1-8,12,18,24H,9-11,13-15H2. The summed E-state index contributed by atoms with van der Waals surface area (Å²) in [6.45, 7) is 5.84. The lowest BCUT2D eigenvalue weighted by Crippen LogP contribution is -2.37. The molecule has 2 saturated heterocycles. The van der Waals surface area contributed by atoms with Gasteiger partial charge in [-0.1, -0.05) is 54.6 Å². The van der Waals surface area contributed by atoms with E-state index in [-0.39, 0.29) is 23.3 Å². The van der Waals surface area contributed by atoms with Crippen molar-refractivity contribution < 1.29 is 18.7 Å². The molecular weight excluding hydrogens is 655 g/mol. The summed E-state index contributed by atoms with van der Waals surface area (Å²) < 4.78 is 26.0. The molecule has 2 aliphatic heterocycles. The number of H-pyrrole nitrogens is 2. The van der Waals surface area contributed by atoms with Crippen LogP contribution in [-0.2, 0) is 12.8 Å². The number of benzene rings is 4. The Morgan fingerprint density at radius 2 is 1.15 bits per heavy atom. The second-order valence-electron chi connectivity index (χ2n) is 14.4. The molecule has 0 bridgehead atoms. The average Bonchev–Trinajstić information content (AvgIpc) is 3.88. The van der Waals surface area contributed by atoms with Crippen LogP contribution >= 0.6 is 0 Å². The van der Waals surface area contributed by atoms with Crippen LogP contribution in [0.4, 0.5) is 8.78 Å². The maximum Gasteiger partial charge on any atom is 0.168 e. The number of nitrogens with one attached hydrogen (secondary N) is 2. The predicted molar refractivity (Wildman–Crippen MR) is 204 cm³/mol. The first-order chi connectivity index (χ1) is 25.4. The Morgan fingerprint density at radius 3 is 1.73 bits per heavy atom. The fourth-order valence-corrected chi connectivity index (χ4v) is 7.91. The number of hydrogen-bond donors (Lipinski definition) is 3. The molecule has 2 aromatic heterocycles. The van der Waals surface area contributed by atoms with Gasteiger partial charge in [-0.2, -0.15) is 0 Å². The molecule has 0 aliphatic carbocycles. The quantitative estimate of drug-likeness (QED) is 0.125. The molecule has 1 atom stereocenters. The lowest BCUT2D eigenvalue weighted by atomic mass is 9.86. The van der Waals surface area contributed by atoms with Gasteiger partial charge < -0.3 is 24.9 Å². The number of rotatable bonds is 10. The summed E-state index contributed by atoms with van der Waals surface area (Å²) in [7, 11) is 0. The topological polar surface area (TPSA) is 75.4 Å². The maximum absolute atomic E-state index is 13.0. The Morgan fingerprint density at radius 1 is 0.654 bits per heavy atom. The van der Waals surface area contributed by atoms with Crippen molar-refractivity contribution in [1.82, 2.24) is 19.8 Å². The van der Waals surface area contributed by atoms with Crippen LogP contribution in [0.15, 0.2) is 109 Å². The Kier molecular flexibility index (Phi) is 11.6. The van der Waals surface area contributed by atoms with Crippen molar-refractivity contribution in [1.29, 1.82) is 0 Å². The lowest BCUT2D eigenvalue weighted by molar-refractivity contribution is 0.0601. The van der Waals surface area contributed by atoms with Gasteiger partial charge in [0.2, 0.25) is 0 Å². The van der Waals surface area contributed by atoms with Crippen molar-refractivity contribution in [2.45, 2.75) is 44.6 Å². The zero-order valence-corrected chi connectivity index (χ0v) is 29.6. The molecule has 2 fully saturated rings. The van der Waals surface area contributed by atoms with Crippen LogP contribution in [-0.4, -0.2) is 69.9 Å². The third kappa shape index (κ3) is 8.69. The van der Waals surface area contributed by atoms with E-state index in [0.717, 1.165) is 116 Å². The number of piperidine rings is 2. The average molecular weight is 703 g/mol. The number of hydrogen-bond acceptors (Lipinski definition) is 4. The number of aliphatic hydroxyl groups is 1. The molecule has 8 rings (SSSR count). The van der Waals surface area contributed by atoms with Crippen LogP contribution in [0.5, 0.6) is 0 Å². The maximum atomic E-state index is 13.0. The number of nitrogens with zero attached hydrogens (tertiary/aromatic N) is 2. The Bertz CT molecular complexity index is 2040. The van der Waals surface area contributed by atoms with Crippen molar-refractivity contribution in [3.05, 3.63) is 143 Å². The summed E-state index contributed by atoms with van der Waals surface area (Å²) in [6.07, 6.45) is 9.06. The van der Waals surface area contributed by atoms with Crippen LogP contribution in [0.1, 0.15) is 58.8 Å². The van der Waals surface area contributed by atoms with Gasteiger partial charge in [-0.15, -0.1) is 0 Å². The van der Waals surface area contributed by atoms with E-state index in [0.29, 0.717) is 5.92 Å². The minimum Gasteiger partial charge on any atom is -0.388 e. The van der Waals surface area contributed by atoms with Gasteiger partial charge in [0.1, 0.15) is 11.6 Å². The molecule has 2 aliphatic rings. The molecule has 0 radical (unpaired) electrons. The first-order valence-electron chi connectivity index (χ1n) is 18.7. The van der Waals surface area contributed by atoms with Gasteiger partial charge >= 0.3 is 0 Å². The molecule has 4 aromatic carbocycles. The van der Waals surface area contributed by atoms with Crippen LogP contribution in [0, 0.1) is 23.5 Å². The molecule has 4 heterocycles. The zero-order chi connectivity index (χ0) is 35.9. The highest BCUT2D eigenvalue weighted by Gasteiger charge is 2.28. The summed E-state index contributed by atoms with van der Waals surface area (Å²) in [5.74, 6) is 0.291. The Labute approximate surface area is 304 Å². The first-order valence-corrected chi connectivity index (χ1v) is 18.7. The summed E-state index contributed by atoms with van der Waals surface area (Å²) >= 11 is 0. The SMILES string of the molecule is O=C(c1cccc2cc[nH]c12)C1CCN(CCc2ccc(F)cc2)CC1.OC(c1cccc2cc[nH]c12)C1CCN(CCc2ccc(F)cc2)CC1. The molecule has 0 amide bonds. The highest BCUT2D eigenvalue weighted by atomic mass is 19.1. The predicted octanol–water partition coefficient (Wildman–Crippen LogP) is 8.74. The van der Waals surface area contributed by atoms with E-state index in [1.54, 1.807) is 0 Å². The van der Waals surface area contributed by atoms with Gasteiger partial charge in [0.05, 0.1) is 17.1 Å². The molecule has 270 valence electrons. The normalized spacial score (nSPS) is 16.9. The molecule has 0 spiro atoms. The molecule has 52 heavy (non-hydrogen) atoms. The summed E-state index contributed by atoms with van der Waals surface area (Å²) in [6, 6.07) is 29.6. The minimum absolute atomic E-state index is 0.103. The van der Waals surface area contributed by atoms with Gasteiger partial charge in [-0.3, -0.25) is 4.79 Å². The van der Waals surface area contributed by atoms with Gasteiger partial charge in [-0.05, 0) is 130 Å². The number of halogens is 2. The van der Waals surface area contributed by atoms with Gasteiger partial charge in [-0.25, -0.2) is 8.78 Å². The highest BCUT2D eigenvalue weighted by molar-refractivity contribution is 6.08. The van der Waals surface area contributed by atoms with Crippen molar-refractivity contribution in [3.8, 4) is 0 Å². The van der Waals surface area contributed by atoms with Gasteiger partial charge in [0.15, 0.2) is 5.78 Å². The summed E-state index contributed by atoms with van der Waals surface area (Å²) in [5.41, 5.74) is 6.17. The summed E-state index contributed by atoms with van der Waals surface area (Å²) in [4.78, 5) is 24.3. The zero-order valence-electron chi connectivity index (χ0n) is 29.6. The fraction of sp³-hybridized carbons (Fsp3) is 0.341. The van der Waals surface area contributed by atoms with Crippen molar-refractivity contribution in [3.63, 3.8) is 0 Å². The molecule has 0 saturated carbocycles. The van der Waals surface area contributed by atoms with Crippen LogP contribution < -0.4 is 0 Å². The Balaban J connectivity index is 0.000000162. The van der Waals surface area contributed by atoms with Crippen molar-refractivity contribution in [2.75, 3.05) is 39.3 Å². The second-order valence-corrected chi connectivity index (χ2v) is 14.4. The Hall–Kier alpha value is -4.63. The number of likely N-dealkylation sites (tertiary alicyclic amines) is 2. The molecule has 8 heteroatoms. The third-order valence-electron chi connectivity index (χ3n) is 11.1. The summed E-state index contributed by atoms with van der Waals surface area (Å²) in [5, 5.41) is 13.1. The lowest BCUT2D eigenvalue weighted by Gasteiger charge is -2.34. The number of Topliss-reactive ketones (excluding diaryl/α,β-unsaturated/α-hetero) is 1. The number of aromatic amines is 2. The van der Waals surface area contributed by atoms with E-state index in [1.165, 1.54) is 29.8 Å². The van der Waals surface area contributed by atoms with E-state index in [2.05, 4.69) is 25.8 Å². The molecule has 3 N–H and O–H groups in total. The third-order valence-corrected chi connectivity index (χ3v) is 11.1. The molecule has 1 unspecified atom stereocenters. The van der Waals surface area contributed by atoms with Gasteiger partial charge in [0, 0.05) is 47.9 Å². The minimum atomic E-state index is -0.420. The fourth-order valence-electron chi connectivity index (χ4n) is 7.91. The van der Waals surface area contributed by atoms with E-state index >= 15 is 0 Å². The number of para-hydroxylation sites is 2. The van der Waals surface area contributed by atoms with Crippen molar-refractivity contribution >= 4 is 27.6 Å². The van der Waals surface area contributed by atoms with Crippen molar-refractivity contribution in [2.24, 2.45) is 11.8 Å².